The van der Waals surface area contributed by atoms with Crippen LogP contribution in [-0.2, 0) is 0 Å². The first-order chi connectivity index (χ1) is 11.8. The first-order valence-corrected chi connectivity index (χ1v) is 8.29. The van der Waals surface area contributed by atoms with Crippen molar-refractivity contribution in [3.8, 4) is 0 Å². The summed E-state index contributed by atoms with van der Waals surface area (Å²) in [7, 11) is 2.07. The van der Waals surface area contributed by atoms with Crippen molar-refractivity contribution >= 4 is 0 Å². The summed E-state index contributed by atoms with van der Waals surface area (Å²) in [5.74, 6) is 0. The van der Waals surface area contributed by atoms with Gasteiger partial charge in [0, 0.05) is 6.54 Å². The van der Waals surface area contributed by atoms with Crippen LogP contribution >= 0.6 is 0 Å². The van der Waals surface area contributed by atoms with E-state index in [0.717, 1.165) is 5.56 Å². The van der Waals surface area contributed by atoms with Crippen LogP contribution in [0.3, 0.4) is 0 Å². The third-order valence-electron chi connectivity index (χ3n) is 4.32. The van der Waals surface area contributed by atoms with Crippen molar-refractivity contribution in [2.75, 3.05) is 13.6 Å². The summed E-state index contributed by atoms with van der Waals surface area (Å²) in [4.78, 5) is 2.21. The van der Waals surface area contributed by atoms with E-state index in [2.05, 4.69) is 60.5 Å². The minimum absolute atomic E-state index is 0.116. The average Bonchev–Trinajstić information content (AvgIpc) is 2.64. The Morgan fingerprint density at radius 2 is 1.04 bits per heavy atom. The third-order valence-corrected chi connectivity index (χ3v) is 4.32. The smallest absolute Gasteiger partial charge is 0.0917 e. The quantitative estimate of drug-likeness (QED) is 0.726. The van der Waals surface area contributed by atoms with Gasteiger partial charge in [0.2, 0.25) is 0 Å². The van der Waals surface area contributed by atoms with E-state index in [4.69, 9.17) is 0 Å². The highest BCUT2D eigenvalue weighted by atomic mass is 16.3. The van der Waals surface area contributed by atoms with E-state index in [1.54, 1.807) is 0 Å². The zero-order valence-electron chi connectivity index (χ0n) is 13.9. The topological polar surface area (TPSA) is 23.5 Å². The van der Waals surface area contributed by atoms with Gasteiger partial charge >= 0.3 is 0 Å². The highest BCUT2D eigenvalue weighted by Crippen LogP contribution is 2.29. The average molecular weight is 317 g/mol. The van der Waals surface area contributed by atoms with Gasteiger partial charge in [0.25, 0.3) is 0 Å². The normalized spacial score (nSPS) is 12.5. The van der Waals surface area contributed by atoms with E-state index in [0.29, 0.717) is 6.54 Å². The highest BCUT2D eigenvalue weighted by molar-refractivity contribution is 5.32. The molecule has 0 amide bonds. The number of aliphatic hydroxyl groups excluding tert-OH is 1. The molecule has 0 saturated carbocycles. The fourth-order valence-corrected chi connectivity index (χ4v) is 3.13. The molecule has 2 heteroatoms. The van der Waals surface area contributed by atoms with Crippen molar-refractivity contribution in [2.45, 2.75) is 12.1 Å². The van der Waals surface area contributed by atoms with Crippen LogP contribution in [0.1, 0.15) is 28.8 Å². The van der Waals surface area contributed by atoms with E-state index in [1.165, 1.54) is 11.1 Å². The minimum atomic E-state index is -0.508. The Morgan fingerprint density at radius 3 is 1.46 bits per heavy atom. The lowest BCUT2D eigenvalue weighted by atomic mass is 9.96. The van der Waals surface area contributed by atoms with Gasteiger partial charge in [-0.15, -0.1) is 0 Å². The fourth-order valence-electron chi connectivity index (χ4n) is 3.13. The van der Waals surface area contributed by atoms with E-state index < -0.39 is 6.10 Å². The maximum absolute atomic E-state index is 10.6. The van der Waals surface area contributed by atoms with Gasteiger partial charge < -0.3 is 5.11 Å². The number of rotatable bonds is 6. The second kappa shape index (κ2) is 7.91. The Kier molecular flexibility index (Phi) is 5.42. The number of hydrogen-bond donors (Lipinski definition) is 1. The lowest BCUT2D eigenvalue weighted by molar-refractivity contribution is 0.113. The lowest BCUT2D eigenvalue weighted by Gasteiger charge is -2.31. The largest absolute Gasteiger partial charge is 0.387 e. The third kappa shape index (κ3) is 3.91. The zero-order chi connectivity index (χ0) is 16.8. The summed E-state index contributed by atoms with van der Waals surface area (Å²) in [5.41, 5.74) is 3.40. The summed E-state index contributed by atoms with van der Waals surface area (Å²) in [5, 5.41) is 10.6. The Balaban J connectivity index is 1.86. The van der Waals surface area contributed by atoms with Crippen molar-refractivity contribution < 1.29 is 5.11 Å². The van der Waals surface area contributed by atoms with E-state index in [9.17, 15) is 5.11 Å². The van der Waals surface area contributed by atoms with E-state index >= 15 is 0 Å². The first kappa shape index (κ1) is 16.4. The Bertz CT molecular complexity index is 688. The fraction of sp³-hybridized carbons (Fsp3) is 0.182. The number of hydrogen-bond acceptors (Lipinski definition) is 2. The summed E-state index contributed by atoms with van der Waals surface area (Å²) in [6.07, 6.45) is -0.508. The van der Waals surface area contributed by atoms with E-state index in [-0.39, 0.29) is 6.04 Å². The van der Waals surface area contributed by atoms with E-state index in [1.807, 2.05) is 42.5 Å². The Labute approximate surface area is 144 Å². The van der Waals surface area contributed by atoms with Crippen molar-refractivity contribution in [3.05, 3.63) is 108 Å². The SMILES string of the molecule is CN(CC(O)c1ccccc1)C(c1ccccc1)c1ccccc1. The summed E-state index contributed by atoms with van der Waals surface area (Å²) in [6.45, 7) is 0.568. The van der Waals surface area contributed by atoms with Crippen molar-refractivity contribution in [1.82, 2.24) is 4.90 Å². The molecule has 2 nitrogen and oxygen atoms in total. The van der Waals surface area contributed by atoms with Gasteiger partial charge in [-0.3, -0.25) is 4.90 Å². The molecule has 3 aromatic carbocycles. The van der Waals surface area contributed by atoms with Crippen LogP contribution in [0.15, 0.2) is 91.0 Å². The molecule has 1 N–H and O–H groups in total. The summed E-state index contributed by atoms with van der Waals surface area (Å²) < 4.78 is 0. The molecule has 0 saturated heterocycles. The molecule has 0 heterocycles. The molecule has 0 aliphatic carbocycles. The molecule has 122 valence electrons. The molecule has 24 heavy (non-hydrogen) atoms. The van der Waals surface area contributed by atoms with Crippen LogP contribution in [0.4, 0.5) is 0 Å². The molecule has 0 radical (unpaired) electrons. The second-order valence-electron chi connectivity index (χ2n) is 6.09. The van der Waals surface area contributed by atoms with Crippen LogP contribution in [0.5, 0.6) is 0 Å². The molecule has 0 spiro atoms. The van der Waals surface area contributed by atoms with Gasteiger partial charge in [-0.1, -0.05) is 91.0 Å². The number of aliphatic hydroxyl groups is 1. The van der Waals surface area contributed by atoms with Crippen LogP contribution in [-0.4, -0.2) is 23.6 Å². The number of nitrogens with zero attached hydrogens (tertiary/aromatic N) is 1. The van der Waals surface area contributed by atoms with Crippen LogP contribution in [0.2, 0.25) is 0 Å². The molecule has 0 bridgehead atoms. The Hall–Kier alpha value is -2.42. The number of likely N-dealkylation sites (N-methyl/N-ethyl adjacent to an activating group) is 1. The van der Waals surface area contributed by atoms with Gasteiger partial charge in [0.1, 0.15) is 0 Å². The van der Waals surface area contributed by atoms with Crippen LogP contribution in [0.25, 0.3) is 0 Å². The molecular weight excluding hydrogens is 294 g/mol. The van der Waals surface area contributed by atoms with Gasteiger partial charge in [-0.2, -0.15) is 0 Å². The molecule has 0 aromatic heterocycles. The molecule has 3 aromatic rings. The maximum atomic E-state index is 10.6. The molecule has 3 rings (SSSR count). The molecule has 0 aliphatic heterocycles. The second-order valence-corrected chi connectivity index (χ2v) is 6.09. The van der Waals surface area contributed by atoms with Crippen molar-refractivity contribution in [1.29, 1.82) is 0 Å². The molecule has 1 unspecified atom stereocenters. The summed E-state index contributed by atoms with van der Waals surface area (Å²) in [6, 6.07) is 30.8. The van der Waals surface area contributed by atoms with Gasteiger partial charge in [0.15, 0.2) is 0 Å². The molecular formula is C22H23NO. The van der Waals surface area contributed by atoms with Crippen LogP contribution < -0.4 is 0 Å². The lowest BCUT2D eigenvalue weighted by Crippen LogP contribution is -2.30. The maximum Gasteiger partial charge on any atom is 0.0917 e. The predicted octanol–water partition coefficient (Wildman–Crippen LogP) is 4.44. The molecule has 0 fully saturated rings. The standard InChI is InChI=1S/C22H23NO/c1-23(17-21(24)18-11-5-2-6-12-18)22(19-13-7-3-8-14-19)20-15-9-4-10-16-20/h2-16,21-22,24H,17H2,1H3. The minimum Gasteiger partial charge on any atom is -0.387 e. The Morgan fingerprint density at radius 1 is 0.667 bits per heavy atom. The van der Waals surface area contributed by atoms with Crippen molar-refractivity contribution in [3.63, 3.8) is 0 Å². The van der Waals surface area contributed by atoms with Gasteiger partial charge in [-0.05, 0) is 23.7 Å². The van der Waals surface area contributed by atoms with Crippen LogP contribution in [0, 0.1) is 0 Å². The highest BCUT2D eigenvalue weighted by Gasteiger charge is 2.21. The molecule has 0 aliphatic rings. The predicted molar refractivity (Wildman–Crippen MR) is 98.8 cm³/mol. The zero-order valence-corrected chi connectivity index (χ0v) is 13.9. The van der Waals surface area contributed by atoms with Crippen molar-refractivity contribution in [2.24, 2.45) is 0 Å². The first-order valence-electron chi connectivity index (χ1n) is 8.29. The monoisotopic (exact) mass is 317 g/mol. The van der Waals surface area contributed by atoms with Gasteiger partial charge in [-0.25, -0.2) is 0 Å². The summed E-state index contributed by atoms with van der Waals surface area (Å²) >= 11 is 0. The molecule has 1 atom stereocenters. The number of benzene rings is 3. The van der Waals surface area contributed by atoms with Gasteiger partial charge in [0.05, 0.1) is 12.1 Å².